The van der Waals surface area contributed by atoms with Crippen LogP contribution in [0.25, 0.3) is 0 Å². The molecule has 0 saturated carbocycles. The standard InChI is InChI=1S/C20H24N4O2/c1-14(25)16-7-9-17(10-8-16)23-19-13-18(21-15(2)22-19)20(26)24-11-5-3-4-6-12-24/h7-10,13H,3-6,11-12H2,1-2H3,(H,21,22,23). The Balaban J connectivity index is 1.78. The van der Waals surface area contributed by atoms with Crippen molar-refractivity contribution in [3.63, 3.8) is 0 Å². The number of rotatable bonds is 4. The van der Waals surface area contributed by atoms with Gasteiger partial charge in [-0.1, -0.05) is 12.8 Å². The molecule has 1 N–H and O–H groups in total. The highest BCUT2D eigenvalue weighted by Crippen LogP contribution is 2.18. The van der Waals surface area contributed by atoms with Gasteiger partial charge in [0.05, 0.1) is 0 Å². The topological polar surface area (TPSA) is 75.2 Å². The van der Waals surface area contributed by atoms with Gasteiger partial charge in [-0.05, 0) is 51.0 Å². The Hall–Kier alpha value is -2.76. The van der Waals surface area contributed by atoms with Gasteiger partial charge >= 0.3 is 0 Å². The molecule has 2 heterocycles. The molecule has 1 aromatic carbocycles. The maximum Gasteiger partial charge on any atom is 0.272 e. The second kappa shape index (κ2) is 8.08. The number of carbonyl (C=O) groups is 2. The van der Waals surface area contributed by atoms with Crippen molar-refractivity contribution in [1.29, 1.82) is 0 Å². The summed E-state index contributed by atoms with van der Waals surface area (Å²) in [7, 11) is 0. The first-order chi connectivity index (χ1) is 12.5. The van der Waals surface area contributed by atoms with Gasteiger partial charge in [-0.2, -0.15) is 0 Å². The molecule has 0 unspecified atom stereocenters. The number of hydrogen-bond acceptors (Lipinski definition) is 5. The fourth-order valence-electron chi connectivity index (χ4n) is 3.11. The lowest BCUT2D eigenvalue weighted by atomic mass is 10.1. The van der Waals surface area contributed by atoms with Crippen molar-refractivity contribution in [3.05, 3.63) is 47.4 Å². The lowest BCUT2D eigenvalue weighted by molar-refractivity contribution is 0.0755. The number of ketones is 1. The van der Waals surface area contributed by atoms with E-state index in [1.54, 1.807) is 25.1 Å². The van der Waals surface area contributed by atoms with Crippen molar-refractivity contribution in [2.45, 2.75) is 39.5 Å². The number of likely N-dealkylation sites (tertiary alicyclic amines) is 1. The number of benzene rings is 1. The molecular weight excluding hydrogens is 328 g/mol. The zero-order valence-electron chi connectivity index (χ0n) is 15.3. The third-order valence-corrected chi connectivity index (χ3v) is 4.51. The molecule has 0 aliphatic carbocycles. The number of anilines is 2. The van der Waals surface area contributed by atoms with Crippen molar-refractivity contribution >= 4 is 23.2 Å². The molecule has 0 spiro atoms. The molecule has 0 atom stereocenters. The zero-order chi connectivity index (χ0) is 18.5. The summed E-state index contributed by atoms with van der Waals surface area (Å²) in [6.45, 7) is 4.90. The number of nitrogens with one attached hydrogen (secondary N) is 1. The second-order valence-corrected chi connectivity index (χ2v) is 6.65. The minimum absolute atomic E-state index is 0.0276. The first-order valence-corrected chi connectivity index (χ1v) is 9.06. The Morgan fingerprint density at radius 3 is 2.27 bits per heavy atom. The number of carbonyl (C=O) groups excluding carboxylic acids is 2. The number of Topliss-reactive ketones (excluding diaryl/α,β-unsaturated/α-hetero) is 1. The van der Waals surface area contributed by atoms with Crippen molar-refractivity contribution < 1.29 is 9.59 Å². The van der Waals surface area contributed by atoms with E-state index >= 15 is 0 Å². The molecular formula is C20H24N4O2. The third-order valence-electron chi connectivity index (χ3n) is 4.51. The van der Waals surface area contributed by atoms with Gasteiger partial charge in [0.1, 0.15) is 17.3 Å². The van der Waals surface area contributed by atoms with Gasteiger partial charge < -0.3 is 10.2 Å². The SMILES string of the molecule is CC(=O)c1ccc(Nc2cc(C(=O)N3CCCCCC3)nc(C)n2)cc1. The Kier molecular flexibility index (Phi) is 5.61. The Bertz CT molecular complexity index is 794. The van der Waals surface area contributed by atoms with E-state index in [0.717, 1.165) is 31.6 Å². The molecule has 26 heavy (non-hydrogen) atoms. The quantitative estimate of drug-likeness (QED) is 0.848. The van der Waals surface area contributed by atoms with Crippen LogP contribution in [0.1, 0.15) is 59.3 Å². The molecule has 1 amide bonds. The summed E-state index contributed by atoms with van der Waals surface area (Å²) in [6, 6.07) is 8.87. The van der Waals surface area contributed by atoms with E-state index < -0.39 is 0 Å². The first-order valence-electron chi connectivity index (χ1n) is 9.06. The van der Waals surface area contributed by atoms with Crippen LogP contribution in [0.4, 0.5) is 11.5 Å². The van der Waals surface area contributed by atoms with Crippen LogP contribution in [0.5, 0.6) is 0 Å². The van der Waals surface area contributed by atoms with Crippen molar-refractivity contribution in [2.75, 3.05) is 18.4 Å². The average Bonchev–Trinajstić information content (AvgIpc) is 2.90. The van der Waals surface area contributed by atoms with Crippen molar-refractivity contribution in [3.8, 4) is 0 Å². The smallest absolute Gasteiger partial charge is 0.272 e. The van der Waals surface area contributed by atoms with Crippen molar-refractivity contribution in [2.24, 2.45) is 0 Å². The average molecular weight is 352 g/mol. The van der Waals surface area contributed by atoms with E-state index in [9.17, 15) is 9.59 Å². The summed E-state index contributed by atoms with van der Waals surface area (Å²) in [5, 5.41) is 3.19. The minimum atomic E-state index is -0.0348. The lowest BCUT2D eigenvalue weighted by Crippen LogP contribution is -2.32. The van der Waals surface area contributed by atoms with Crippen LogP contribution in [0.15, 0.2) is 30.3 Å². The number of amides is 1. The predicted molar refractivity (Wildman–Crippen MR) is 101 cm³/mol. The van der Waals surface area contributed by atoms with Gasteiger partial charge in [0, 0.05) is 30.4 Å². The molecule has 1 aliphatic rings. The van der Waals surface area contributed by atoms with E-state index in [1.807, 2.05) is 17.0 Å². The van der Waals surface area contributed by atoms with Crippen LogP contribution in [-0.2, 0) is 0 Å². The highest BCUT2D eigenvalue weighted by atomic mass is 16.2. The summed E-state index contributed by atoms with van der Waals surface area (Å²) < 4.78 is 0. The van der Waals surface area contributed by atoms with Crippen LogP contribution in [0.3, 0.4) is 0 Å². The highest BCUT2D eigenvalue weighted by molar-refractivity contribution is 5.94. The zero-order valence-corrected chi connectivity index (χ0v) is 15.3. The van der Waals surface area contributed by atoms with Crippen LogP contribution >= 0.6 is 0 Å². The van der Waals surface area contributed by atoms with Crippen LogP contribution < -0.4 is 5.32 Å². The minimum Gasteiger partial charge on any atom is -0.340 e. The molecule has 1 fully saturated rings. The summed E-state index contributed by atoms with van der Waals surface area (Å²) >= 11 is 0. The number of nitrogens with zero attached hydrogens (tertiary/aromatic N) is 3. The maximum atomic E-state index is 12.8. The fraction of sp³-hybridized carbons (Fsp3) is 0.400. The van der Waals surface area contributed by atoms with E-state index in [4.69, 9.17) is 0 Å². The molecule has 3 rings (SSSR count). The number of aryl methyl sites for hydroxylation is 1. The Morgan fingerprint density at radius 2 is 1.65 bits per heavy atom. The molecule has 6 heteroatoms. The molecule has 0 bridgehead atoms. The highest BCUT2D eigenvalue weighted by Gasteiger charge is 2.19. The second-order valence-electron chi connectivity index (χ2n) is 6.65. The van der Waals surface area contributed by atoms with Crippen LogP contribution in [0.2, 0.25) is 0 Å². The van der Waals surface area contributed by atoms with Crippen LogP contribution in [0, 0.1) is 6.92 Å². The van der Waals surface area contributed by atoms with Crippen molar-refractivity contribution in [1.82, 2.24) is 14.9 Å². The molecule has 1 aliphatic heterocycles. The summed E-state index contributed by atoms with van der Waals surface area (Å²) in [5.74, 6) is 1.12. The molecule has 1 saturated heterocycles. The summed E-state index contributed by atoms with van der Waals surface area (Å²) in [5.41, 5.74) is 1.88. The monoisotopic (exact) mass is 352 g/mol. The molecule has 1 aromatic heterocycles. The number of aromatic nitrogens is 2. The Labute approximate surface area is 153 Å². The summed E-state index contributed by atoms with van der Waals surface area (Å²) in [6.07, 6.45) is 4.44. The van der Waals surface area contributed by atoms with E-state index in [2.05, 4.69) is 15.3 Å². The van der Waals surface area contributed by atoms with Gasteiger partial charge in [0.25, 0.3) is 5.91 Å². The Morgan fingerprint density at radius 1 is 1.00 bits per heavy atom. The third kappa shape index (κ3) is 4.45. The van der Waals surface area contributed by atoms with E-state index in [-0.39, 0.29) is 11.7 Å². The molecule has 136 valence electrons. The van der Waals surface area contributed by atoms with E-state index in [1.165, 1.54) is 19.8 Å². The maximum absolute atomic E-state index is 12.8. The lowest BCUT2D eigenvalue weighted by Gasteiger charge is -2.20. The van der Waals surface area contributed by atoms with Gasteiger partial charge in [-0.15, -0.1) is 0 Å². The summed E-state index contributed by atoms with van der Waals surface area (Å²) in [4.78, 5) is 34.8. The normalized spacial score (nSPS) is 14.6. The first kappa shape index (κ1) is 18.0. The predicted octanol–water partition coefficient (Wildman–Crippen LogP) is 3.75. The molecule has 6 nitrogen and oxygen atoms in total. The van der Waals surface area contributed by atoms with Gasteiger partial charge in [-0.25, -0.2) is 9.97 Å². The molecule has 0 radical (unpaired) electrons. The molecule has 2 aromatic rings. The van der Waals surface area contributed by atoms with Gasteiger partial charge in [-0.3, -0.25) is 9.59 Å². The fourth-order valence-corrected chi connectivity index (χ4v) is 3.11. The van der Waals surface area contributed by atoms with Gasteiger partial charge in [0.2, 0.25) is 0 Å². The van der Waals surface area contributed by atoms with E-state index in [0.29, 0.717) is 22.9 Å². The largest absolute Gasteiger partial charge is 0.340 e. The number of hydrogen-bond donors (Lipinski definition) is 1. The van der Waals surface area contributed by atoms with Gasteiger partial charge in [0.15, 0.2) is 5.78 Å². The van der Waals surface area contributed by atoms with Crippen LogP contribution in [-0.4, -0.2) is 39.6 Å².